The Morgan fingerprint density at radius 1 is 1.22 bits per heavy atom. The molecule has 18 heavy (non-hydrogen) atoms. The van der Waals surface area contributed by atoms with Gasteiger partial charge in [-0.2, -0.15) is 0 Å². The number of rotatable bonds is 3. The van der Waals surface area contributed by atoms with Gasteiger partial charge in [0.15, 0.2) is 5.13 Å². The molecule has 0 aliphatic rings. The SMILES string of the molecule is Cn1nncc1-c1csc(Nc2ccccc2)n1. The third-order valence-electron chi connectivity index (χ3n) is 2.51. The van der Waals surface area contributed by atoms with Crippen LogP contribution in [0, 0.1) is 0 Å². The van der Waals surface area contributed by atoms with Crippen LogP contribution in [-0.2, 0) is 7.05 Å². The van der Waals surface area contributed by atoms with Gasteiger partial charge in [-0.15, -0.1) is 16.4 Å². The predicted octanol–water partition coefficient (Wildman–Crippen LogP) is 2.68. The van der Waals surface area contributed by atoms with Crippen molar-refractivity contribution in [3.8, 4) is 11.4 Å². The molecule has 2 aromatic heterocycles. The first-order valence-corrected chi connectivity index (χ1v) is 6.33. The van der Waals surface area contributed by atoms with Gasteiger partial charge in [-0.3, -0.25) is 0 Å². The van der Waals surface area contributed by atoms with E-state index >= 15 is 0 Å². The number of benzene rings is 1. The maximum atomic E-state index is 4.52. The topological polar surface area (TPSA) is 55.6 Å². The second-order valence-corrected chi connectivity index (χ2v) is 4.63. The van der Waals surface area contributed by atoms with Crippen LogP contribution in [-0.4, -0.2) is 20.0 Å². The van der Waals surface area contributed by atoms with Crippen molar-refractivity contribution in [1.82, 2.24) is 20.0 Å². The number of nitrogens with zero attached hydrogens (tertiary/aromatic N) is 4. The molecule has 0 atom stereocenters. The van der Waals surface area contributed by atoms with Gasteiger partial charge in [0, 0.05) is 18.1 Å². The zero-order valence-corrected chi connectivity index (χ0v) is 10.6. The summed E-state index contributed by atoms with van der Waals surface area (Å²) in [5, 5.41) is 13.9. The zero-order valence-electron chi connectivity index (χ0n) is 9.74. The number of nitrogens with one attached hydrogen (secondary N) is 1. The molecule has 0 spiro atoms. The molecule has 90 valence electrons. The molecule has 1 aromatic carbocycles. The number of aryl methyl sites for hydroxylation is 1. The Labute approximate surface area is 108 Å². The molecule has 0 saturated heterocycles. The molecule has 2 heterocycles. The molecule has 1 N–H and O–H groups in total. The van der Waals surface area contributed by atoms with Crippen molar-refractivity contribution in [2.75, 3.05) is 5.32 Å². The fourth-order valence-corrected chi connectivity index (χ4v) is 2.34. The third kappa shape index (κ3) is 2.10. The van der Waals surface area contributed by atoms with Gasteiger partial charge in [-0.1, -0.05) is 23.4 Å². The maximum Gasteiger partial charge on any atom is 0.187 e. The minimum absolute atomic E-state index is 0.859. The number of anilines is 2. The highest BCUT2D eigenvalue weighted by molar-refractivity contribution is 7.14. The van der Waals surface area contributed by atoms with Crippen molar-refractivity contribution in [3.05, 3.63) is 41.9 Å². The van der Waals surface area contributed by atoms with Gasteiger partial charge in [-0.25, -0.2) is 9.67 Å². The van der Waals surface area contributed by atoms with Gasteiger partial charge in [0.1, 0.15) is 11.4 Å². The van der Waals surface area contributed by atoms with E-state index in [1.54, 1.807) is 22.2 Å². The lowest BCUT2D eigenvalue weighted by atomic mass is 10.3. The molecule has 0 fully saturated rings. The first-order valence-electron chi connectivity index (χ1n) is 5.45. The average Bonchev–Trinajstić information content (AvgIpc) is 2.99. The zero-order chi connectivity index (χ0) is 12.4. The molecule has 5 nitrogen and oxygen atoms in total. The van der Waals surface area contributed by atoms with Crippen LogP contribution in [0.5, 0.6) is 0 Å². The second-order valence-electron chi connectivity index (χ2n) is 3.77. The average molecular weight is 257 g/mol. The van der Waals surface area contributed by atoms with Gasteiger partial charge in [0.05, 0.1) is 6.20 Å². The maximum absolute atomic E-state index is 4.52. The molecule has 3 rings (SSSR count). The number of hydrogen-bond donors (Lipinski definition) is 1. The van der Waals surface area contributed by atoms with Crippen molar-refractivity contribution in [2.24, 2.45) is 7.05 Å². The van der Waals surface area contributed by atoms with E-state index < -0.39 is 0 Å². The highest BCUT2D eigenvalue weighted by atomic mass is 32.1. The van der Waals surface area contributed by atoms with Crippen LogP contribution in [0.1, 0.15) is 0 Å². The summed E-state index contributed by atoms with van der Waals surface area (Å²) in [6, 6.07) is 9.98. The van der Waals surface area contributed by atoms with E-state index in [9.17, 15) is 0 Å². The van der Waals surface area contributed by atoms with Crippen molar-refractivity contribution in [3.63, 3.8) is 0 Å². The van der Waals surface area contributed by atoms with E-state index in [-0.39, 0.29) is 0 Å². The fraction of sp³-hybridized carbons (Fsp3) is 0.0833. The predicted molar refractivity (Wildman–Crippen MR) is 71.8 cm³/mol. The van der Waals surface area contributed by atoms with Crippen LogP contribution in [0.15, 0.2) is 41.9 Å². The number of para-hydroxylation sites is 1. The summed E-state index contributed by atoms with van der Waals surface area (Å²) in [4.78, 5) is 4.52. The third-order valence-corrected chi connectivity index (χ3v) is 3.26. The van der Waals surface area contributed by atoms with Crippen LogP contribution in [0.3, 0.4) is 0 Å². The molecule has 0 saturated carbocycles. The molecule has 0 amide bonds. The lowest BCUT2D eigenvalue weighted by Gasteiger charge is -2.00. The van der Waals surface area contributed by atoms with E-state index in [2.05, 4.69) is 20.6 Å². The Bertz CT molecular complexity index is 643. The van der Waals surface area contributed by atoms with Crippen LogP contribution in [0.2, 0.25) is 0 Å². The minimum atomic E-state index is 0.859. The largest absolute Gasteiger partial charge is 0.332 e. The van der Waals surface area contributed by atoms with E-state index in [4.69, 9.17) is 0 Å². The Morgan fingerprint density at radius 3 is 2.78 bits per heavy atom. The van der Waals surface area contributed by atoms with Crippen molar-refractivity contribution in [2.45, 2.75) is 0 Å². The summed E-state index contributed by atoms with van der Waals surface area (Å²) in [7, 11) is 1.85. The monoisotopic (exact) mass is 257 g/mol. The molecule has 0 aliphatic heterocycles. The summed E-state index contributed by atoms with van der Waals surface area (Å²) >= 11 is 1.56. The Kier molecular flexibility index (Phi) is 2.77. The molecule has 0 unspecified atom stereocenters. The van der Waals surface area contributed by atoms with E-state index in [1.807, 2.05) is 42.8 Å². The van der Waals surface area contributed by atoms with E-state index in [1.165, 1.54) is 0 Å². The summed E-state index contributed by atoms with van der Waals surface area (Å²) in [5.74, 6) is 0. The highest BCUT2D eigenvalue weighted by Crippen LogP contribution is 2.26. The van der Waals surface area contributed by atoms with Gasteiger partial charge < -0.3 is 5.32 Å². The number of thiazole rings is 1. The summed E-state index contributed by atoms with van der Waals surface area (Å²) in [6.45, 7) is 0. The van der Waals surface area contributed by atoms with Gasteiger partial charge in [-0.05, 0) is 12.1 Å². The molecule has 3 aromatic rings. The van der Waals surface area contributed by atoms with Crippen LogP contribution < -0.4 is 5.32 Å². The number of aromatic nitrogens is 4. The first kappa shape index (κ1) is 10.9. The molecule has 6 heteroatoms. The minimum Gasteiger partial charge on any atom is -0.332 e. The Hall–Kier alpha value is -2.21. The molecule has 0 bridgehead atoms. The molecule has 0 radical (unpaired) electrons. The van der Waals surface area contributed by atoms with Crippen LogP contribution in [0.4, 0.5) is 10.8 Å². The van der Waals surface area contributed by atoms with Gasteiger partial charge in [0.25, 0.3) is 0 Å². The second kappa shape index (κ2) is 4.58. The van der Waals surface area contributed by atoms with E-state index in [0.717, 1.165) is 22.2 Å². The van der Waals surface area contributed by atoms with E-state index in [0.29, 0.717) is 0 Å². The standard InChI is InChI=1S/C12H11N5S/c1-17-11(7-13-16-17)10-8-18-12(15-10)14-9-5-3-2-4-6-9/h2-8H,1H3,(H,14,15). The molecular weight excluding hydrogens is 246 g/mol. The Balaban J connectivity index is 1.84. The quantitative estimate of drug-likeness (QED) is 0.783. The lowest BCUT2D eigenvalue weighted by Crippen LogP contribution is -1.94. The van der Waals surface area contributed by atoms with Crippen molar-refractivity contribution >= 4 is 22.2 Å². The molecular formula is C12H11N5S. The van der Waals surface area contributed by atoms with Gasteiger partial charge in [0.2, 0.25) is 0 Å². The normalized spacial score (nSPS) is 10.5. The molecule has 0 aliphatic carbocycles. The van der Waals surface area contributed by atoms with Crippen molar-refractivity contribution < 1.29 is 0 Å². The fourth-order valence-electron chi connectivity index (χ4n) is 1.62. The summed E-state index contributed by atoms with van der Waals surface area (Å²) in [5.41, 5.74) is 2.82. The Morgan fingerprint density at radius 2 is 2.06 bits per heavy atom. The smallest absolute Gasteiger partial charge is 0.187 e. The van der Waals surface area contributed by atoms with Crippen molar-refractivity contribution in [1.29, 1.82) is 0 Å². The lowest BCUT2D eigenvalue weighted by molar-refractivity contribution is 0.719. The van der Waals surface area contributed by atoms with Gasteiger partial charge >= 0.3 is 0 Å². The highest BCUT2D eigenvalue weighted by Gasteiger charge is 2.08. The van der Waals surface area contributed by atoms with Crippen LogP contribution in [0.25, 0.3) is 11.4 Å². The van der Waals surface area contributed by atoms with Crippen LogP contribution >= 0.6 is 11.3 Å². The number of hydrogen-bond acceptors (Lipinski definition) is 5. The summed E-state index contributed by atoms with van der Waals surface area (Å²) in [6.07, 6.45) is 1.71. The summed E-state index contributed by atoms with van der Waals surface area (Å²) < 4.78 is 1.71. The first-order chi connectivity index (χ1) is 8.83.